The Hall–Kier alpha value is -0.835. The van der Waals surface area contributed by atoms with Crippen molar-refractivity contribution in [3.8, 4) is 0 Å². The van der Waals surface area contributed by atoms with E-state index in [1.54, 1.807) is 0 Å². The largest absolute Gasteiger partial charge is 0.492 e. The predicted octanol–water partition coefficient (Wildman–Crippen LogP) is 1.39. The van der Waals surface area contributed by atoms with E-state index >= 15 is 0 Å². The standard InChI is InChI=1S/C14H22BNO2/c1-10(2)6-7-16-9-14-12-5-4-11(3)8-13(12)15(17)18-14/h4-5,8,10,14,16-17H,6-7,9H2,1-3H3. The molecule has 1 atom stereocenters. The lowest BCUT2D eigenvalue weighted by molar-refractivity contribution is 0.186. The average Bonchev–Trinajstić information content (AvgIpc) is 2.61. The first-order chi connectivity index (χ1) is 8.58. The first-order valence-corrected chi connectivity index (χ1v) is 6.72. The molecule has 98 valence electrons. The molecule has 18 heavy (non-hydrogen) atoms. The van der Waals surface area contributed by atoms with Gasteiger partial charge in [0.15, 0.2) is 0 Å². The fraction of sp³-hybridized carbons (Fsp3) is 0.571. The predicted molar refractivity (Wildman–Crippen MR) is 74.9 cm³/mol. The van der Waals surface area contributed by atoms with Crippen molar-refractivity contribution < 1.29 is 9.68 Å². The van der Waals surface area contributed by atoms with Crippen molar-refractivity contribution in [3.05, 3.63) is 29.3 Å². The number of hydrogen-bond donors (Lipinski definition) is 2. The molecule has 0 aliphatic carbocycles. The van der Waals surface area contributed by atoms with Crippen LogP contribution in [0.3, 0.4) is 0 Å². The first kappa shape index (κ1) is 13.6. The molecule has 2 N–H and O–H groups in total. The monoisotopic (exact) mass is 247 g/mol. The van der Waals surface area contributed by atoms with E-state index in [9.17, 15) is 5.02 Å². The van der Waals surface area contributed by atoms with Crippen molar-refractivity contribution in [2.45, 2.75) is 33.3 Å². The highest BCUT2D eigenvalue weighted by atomic mass is 16.5. The molecule has 0 amide bonds. The summed E-state index contributed by atoms with van der Waals surface area (Å²) < 4.78 is 5.59. The zero-order valence-corrected chi connectivity index (χ0v) is 11.4. The van der Waals surface area contributed by atoms with Gasteiger partial charge in [-0.05, 0) is 36.8 Å². The lowest BCUT2D eigenvalue weighted by Crippen LogP contribution is -2.28. The third-order valence-electron chi connectivity index (χ3n) is 3.38. The molecule has 0 spiro atoms. The van der Waals surface area contributed by atoms with Crippen LogP contribution >= 0.6 is 0 Å². The Bertz CT molecular complexity index is 409. The van der Waals surface area contributed by atoms with Crippen LogP contribution in [0.5, 0.6) is 0 Å². The van der Waals surface area contributed by atoms with E-state index in [2.05, 4.69) is 31.3 Å². The van der Waals surface area contributed by atoms with Gasteiger partial charge in [-0.1, -0.05) is 37.6 Å². The number of fused-ring (bicyclic) bond motifs is 1. The van der Waals surface area contributed by atoms with Crippen LogP contribution in [0.4, 0.5) is 0 Å². The average molecular weight is 247 g/mol. The van der Waals surface area contributed by atoms with Gasteiger partial charge in [0, 0.05) is 6.54 Å². The molecular weight excluding hydrogens is 225 g/mol. The first-order valence-electron chi connectivity index (χ1n) is 6.72. The van der Waals surface area contributed by atoms with E-state index in [0.717, 1.165) is 36.1 Å². The van der Waals surface area contributed by atoms with Crippen molar-refractivity contribution in [2.75, 3.05) is 13.1 Å². The van der Waals surface area contributed by atoms with Gasteiger partial charge in [-0.25, -0.2) is 0 Å². The molecule has 1 aromatic carbocycles. The Balaban J connectivity index is 1.93. The summed E-state index contributed by atoms with van der Waals surface area (Å²) in [5.74, 6) is 0.711. The minimum Gasteiger partial charge on any atom is -0.423 e. The zero-order valence-electron chi connectivity index (χ0n) is 11.4. The van der Waals surface area contributed by atoms with Crippen LogP contribution in [0.1, 0.15) is 37.5 Å². The SMILES string of the molecule is Cc1ccc2c(c1)B(O)OC2CNCCC(C)C. The molecule has 1 aliphatic rings. The van der Waals surface area contributed by atoms with E-state index in [1.807, 2.05) is 13.0 Å². The van der Waals surface area contributed by atoms with Crippen LogP contribution < -0.4 is 10.8 Å². The lowest BCUT2D eigenvalue weighted by Gasteiger charge is -2.14. The second-order valence-corrected chi connectivity index (χ2v) is 5.50. The topological polar surface area (TPSA) is 41.5 Å². The Morgan fingerprint density at radius 3 is 2.94 bits per heavy atom. The van der Waals surface area contributed by atoms with Crippen LogP contribution in [0.2, 0.25) is 0 Å². The van der Waals surface area contributed by atoms with Crippen molar-refractivity contribution >= 4 is 12.6 Å². The molecule has 0 aromatic heterocycles. The Labute approximate surface area is 110 Å². The highest BCUT2D eigenvalue weighted by molar-refractivity contribution is 6.61. The molecular formula is C14H22BNO2. The van der Waals surface area contributed by atoms with E-state index in [4.69, 9.17) is 4.65 Å². The molecule has 1 unspecified atom stereocenters. The molecule has 1 aromatic rings. The van der Waals surface area contributed by atoms with Crippen LogP contribution in [-0.2, 0) is 4.65 Å². The highest BCUT2D eigenvalue weighted by Gasteiger charge is 2.34. The molecule has 2 rings (SSSR count). The van der Waals surface area contributed by atoms with Gasteiger partial charge in [0.2, 0.25) is 0 Å². The van der Waals surface area contributed by atoms with Crippen LogP contribution in [0.25, 0.3) is 0 Å². The number of hydrogen-bond acceptors (Lipinski definition) is 3. The highest BCUT2D eigenvalue weighted by Crippen LogP contribution is 2.23. The Kier molecular flexibility index (Phi) is 4.43. The van der Waals surface area contributed by atoms with E-state index in [1.165, 1.54) is 0 Å². The maximum absolute atomic E-state index is 9.87. The minimum absolute atomic E-state index is 0.0252. The summed E-state index contributed by atoms with van der Waals surface area (Å²) in [4.78, 5) is 0. The van der Waals surface area contributed by atoms with Gasteiger partial charge in [0.25, 0.3) is 0 Å². The summed E-state index contributed by atoms with van der Waals surface area (Å²) >= 11 is 0. The number of aryl methyl sites for hydroxylation is 1. The molecule has 0 saturated heterocycles. The minimum atomic E-state index is -0.767. The molecule has 1 aliphatic heterocycles. The Morgan fingerprint density at radius 2 is 2.22 bits per heavy atom. The molecule has 0 saturated carbocycles. The fourth-order valence-electron chi connectivity index (χ4n) is 2.29. The van der Waals surface area contributed by atoms with Crippen molar-refractivity contribution in [1.29, 1.82) is 0 Å². The summed E-state index contributed by atoms with van der Waals surface area (Å²) in [5, 5.41) is 13.3. The van der Waals surface area contributed by atoms with Crippen LogP contribution in [0, 0.1) is 12.8 Å². The molecule has 0 fully saturated rings. The van der Waals surface area contributed by atoms with Gasteiger partial charge >= 0.3 is 7.12 Å². The number of rotatable bonds is 5. The molecule has 0 radical (unpaired) electrons. The number of nitrogens with one attached hydrogen (secondary N) is 1. The summed E-state index contributed by atoms with van der Waals surface area (Å²) in [6, 6.07) is 6.14. The van der Waals surface area contributed by atoms with Crippen LogP contribution in [-0.4, -0.2) is 25.2 Å². The van der Waals surface area contributed by atoms with Gasteiger partial charge in [0.1, 0.15) is 0 Å². The van der Waals surface area contributed by atoms with E-state index in [-0.39, 0.29) is 6.10 Å². The Morgan fingerprint density at radius 1 is 1.44 bits per heavy atom. The molecule has 0 bridgehead atoms. The molecule has 3 nitrogen and oxygen atoms in total. The van der Waals surface area contributed by atoms with Crippen molar-refractivity contribution in [1.82, 2.24) is 5.32 Å². The summed E-state index contributed by atoms with van der Waals surface area (Å²) in [7, 11) is -0.767. The van der Waals surface area contributed by atoms with E-state index in [0.29, 0.717) is 5.92 Å². The lowest BCUT2D eigenvalue weighted by atomic mass is 9.78. The van der Waals surface area contributed by atoms with Gasteiger partial charge in [-0.15, -0.1) is 0 Å². The fourth-order valence-corrected chi connectivity index (χ4v) is 2.29. The zero-order chi connectivity index (χ0) is 13.1. The quantitative estimate of drug-likeness (QED) is 0.610. The number of benzene rings is 1. The third-order valence-corrected chi connectivity index (χ3v) is 3.38. The maximum atomic E-state index is 9.87. The van der Waals surface area contributed by atoms with Gasteiger partial charge in [0.05, 0.1) is 6.10 Å². The summed E-state index contributed by atoms with van der Waals surface area (Å²) in [6.45, 7) is 8.22. The van der Waals surface area contributed by atoms with E-state index < -0.39 is 7.12 Å². The summed E-state index contributed by atoms with van der Waals surface area (Å²) in [5.41, 5.74) is 3.20. The smallest absolute Gasteiger partial charge is 0.423 e. The van der Waals surface area contributed by atoms with Gasteiger partial charge in [-0.3, -0.25) is 0 Å². The summed E-state index contributed by atoms with van der Waals surface area (Å²) in [6.07, 6.45) is 1.14. The second-order valence-electron chi connectivity index (χ2n) is 5.50. The van der Waals surface area contributed by atoms with Gasteiger partial charge < -0.3 is 15.0 Å². The third kappa shape index (κ3) is 3.13. The normalized spacial score (nSPS) is 18.5. The maximum Gasteiger partial charge on any atom is 0.492 e. The van der Waals surface area contributed by atoms with Crippen molar-refractivity contribution in [3.63, 3.8) is 0 Å². The molecule has 4 heteroatoms. The molecule has 1 heterocycles. The van der Waals surface area contributed by atoms with Crippen molar-refractivity contribution in [2.24, 2.45) is 5.92 Å². The second kappa shape index (κ2) is 5.87. The van der Waals surface area contributed by atoms with Gasteiger partial charge in [-0.2, -0.15) is 0 Å². The van der Waals surface area contributed by atoms with Crippen LogP contribution in [0.15, 0.2) is 18.2 Å².